The first-order valence-electron chi connectivity index (χ1n) is 33.9. The van der Waals surface area contributed by atoms with Crippen molar-refractivity contribution >= 4 is 75.1 Å². The smallest absolute Gasteiger partial charge is 0.243 e. The molecular formula is C90H72BN9. The van der Waals surface area contributed by atoms with Crippen LogP contribution < -0.4 is 31.1 Å². The van der Waals surface area contributed by atoms with Crippen molar-refractivity contribution in [2.24, 2.45) is 0 Å². The van der Waals surface area contributed by atoms with Gasteiger partial charge in [-0.3, -0.25) is 14.7 Å². The standard InChI is InChI=1S/C90H72BN9/c1-61-55-76(73-31-25-67(26-32-73)70-37-43-79(44-38-70)98(82-19-7-13-49-92-82)83-20-8-14-50-93-83)56-62(2)88(61)91(89-63(3)57-77(58-64(89)4)74-33-27-68(28-34-74)71-39-45-80(46-40-71)99(84-21-9-15-51-94-84)85-22-10-16-52-95-85)90-65(5)59-78(60-66(90)6)75-35-29-69(30-36-75)72-41-47-81(48-42-72)100(86-23-11-17-53-96-86)87-24-12-18-54-97-87/h7-60H,1-6H3. The molecule has 0 saturated heterocycles. The second-order valence-corrected chi connectivity index (χ2v) is 25.5. The molecule has 0 bridgehead atoms. The third kappa shape index (κ3) is 13.1. The molecule has 0 saturated carbocycles. The van der Waals surface area contributed by atoms with E-state index in [9.17, 15) is 0 Å². The molecule has 0 aliphatic carbocycles. The molecule has 9 aromatic carbocycles. The van der Waals surface area contributed by atoms with Gasteiger partial charge >= 0.3 is 0 Å². The van der Waals surface area contributed by atoms with Gasteiger partial charge in [0.25, 0.3) is 0 Å². The summed E-state index contributed by atoms with van der Waals surface area (Å²) in [6.07, 6.45) is 10.9. The number of benzene rings is 9. The molecule has 0 unspecified atom stereocenters. The molecule has 6 aromatic heterocycles. The highest BCUT2D eigenvalue weighted by molar-refractivity contribution is 6.97. The Balaban J connectivity index is 0.742. The minimum absolute atomic E-state index is 0.0537. The van der Waals surface area contributed by atoms with E-state index in [2.05, 4.69) is 268 Å². The molecule has 0 radical (unpaired) electrons. The van der Waals surface area contributed by atoms with E-state index in [0.29, 0.717) is 0 Å². The molecule has 0 atom stereocenters. The lowest BCUT2D eigenvalue weighted by atomic mass is 9.33. The Morgan fingerprint density at radius 1 is 0.190 bits per heavy atom. The fourth-order valence-electron chi connectivity index (χ4n) is 14.3. The van der Waals surface area contributed by atoms with Crippen LogP contribution in [-0.4, -0.2) is 36.6 Å². The maximum absolute atomic E-state index is 4.68. The van der Waals surface area contributed by atoms with Gasteiger partial charge in [-0.25, -0.2) is 29.9 Å². The number of rotatable bonds is 18. The van der Waals surface area contributed by atoms with E-state index in [1.54, 1.807) is 0 Å². The Morgan fingerprint density at radius 2 is 0.350 bits per heavy atom. The Hall–Kier alpha value is -12.7. The summed E-state index contributed by atoms with van der Waals surface area (Å²) in [6.45, 7) is 13.8. The molecule has 15 rings (SSSR count). The van der Waals surface area contributed by atoms with Gasteiger partial charge in [0.1, 0.15) is 34.9 Å². The van der Waals surface area contributed by atoms with Crippen molar-refractivity contribution in [2.45, 2.75) is 41.5 Å². The van der Waals surface area contributed by atoms with Crippen molar-refractivity contribution in [3.63, 3.8) is 0 Å². The van der Waals surface area contributed by atoms with Crippen molar-refractivity contribution in [2.75, 3.05) is 14.7 Å². The van der Waals surface area contributed by atoms with Gasteiger partial charge in [-0.2, -0.15) is 0 Å². The lowest BCUT2D eigenvalue weighted by molar-refractivity contribution is 1.12. The maximum atomic E-state index is 4.68. The summed E-state index contributed by atoms with van der Waals surface area (Å²) in [7, 11) is 0. The topological polar surface area (TPSA) is 87.1 Å². The highest BCUT2D eigenvalue weighted by Crippen LogP contribution is 2.39. The average Bonchev–Trinajstić information content (AvgIpc) is 0.733. The number of pyridine rings is 6. The molecule has 0 amide bonds. The zero-order valence-corrected chi connectivity index (χ0v) is 56.8. The molecule has 100 heavy (non-hydrogen) atoms. The molecule has 0 aliphatic rings. The molecule has 6 heterocycles. The molecule has 480 valence electrons. The van der Waals surface area contributed by atoms with Gasteiger partial charge in [0, 0.05) is 54.2 Å². The maximum Gasteiger partial charge on any atom is 0.243 e. The van der Waals surface area contributed by atoms with Crippen LogP contribution >= 0.6 is 0 Å². The monoisotopic (exact) mass is 1290 g/mol. The van der Waals surface area contributed by atoms with E-state index in [1.165, 1.54) is 83.1 Å². The number of hydrogen-bond acceptors (Lipinski definition) is 9. The first-order valence-corrected chi connectivity index (χ1v) is 33.9. The van der Waals surface area contributed by atoms with Crippen LogP contribution in [0.15, 0.2) is 328 Å². The molecule has 0 fully saturated rings. The predicted molar refractivity (Wildman–Crippen MR) is 416 cm³/mol. The highest BCUT2D eigenvalue weighted by atomic mass is 15.3. The third-order valence-corrected chi connectivity index (χ3v) is 18.9. The normalized spacial score (nSPS) is 11.1. The molecule has 15 aromatic rings. The van der Waals surface area contributed by atoms with E-state index in [0.717, 1.165) is 85.4 Å². The summed E-state index contributed by atoms with van der Waals surface area (Å²) in [4.78, 5) is 34.3. The average molecular weight is 1290 g/mol. The van der Waals surface area contributed by atoms with E-state index < -0.39 is 0 Å². The lowest BCUT2D eigenvalue weighted by Gasteiger charge is -2.28. The van der Waals surface area contributed by atoms with Crippen molar-refractivity contribution < 1.29 is 0 Å². The number of aryl methyl sites for hydroxylation is 6. The summed E-state index contributed by atoms with van der Waals surface area (Å²) < 4.78 is 0. The van der Waals surface area contributed by atoms with Gasteiger partial charge in [0.15, 0.2) is 0 Å². The van der Waals surface area contributed by atoms with Crippen LogP contribution in [0.5, 0.6) is 0 Å². The number of hydrogen-bond donors (Lipinski definition) is 0. The van der Waals surface area contributed by atoms with Crippen LogP contribution in [0.3, 0.4) is 0 Å². The summed E-state index contributed by atoms with van der Waals surface area (Å²) >= 11 is 0. The third-order valence-electron chi connectivity index (χ3n) is 18.9. The van der Waals surface area contributed by atoms with E-state index >= 15 is 0 Å². The Kier molecular flexibility index (Phi) is 17.9. The number of anilines is 9. The fourth-order valence-corrected chi connectivity index (χ4v) is 14.3. The predicted octanol–water partition coefficient (Wildman–Crippen LogP) is 20.8. The molecule has 0 spiro atoms. The van der Waals surface area contributed by atoms with Crippen LogP contribution in [0.2, 0.25) is 0 Å². The largest absolute Gasteiger partial charge is 0.279 e. The molecule has 9 nitrogen and oxygen atoms in total. The summed E-state index contributed by atoms with van der Waals surface area (Å²) in [6, 6.07) is 103. The van der Waals surface area contributed by atoms with Gasteiger partial charge in [0.2, 0.25) is 6.71 Å². The Bertz CT molecular complexity index is 4580. The first-order chi connectivity index (χ1) is 49.1. The van der Waals surface area contributed by atoms with Crippen LogP contribution in [0, 0.1) is 41.5 Å². The van der Waals surface area contributed by atoms with Gasteiger partial charge in [0.05, 0.1) is 0 Å². The summed E-state index contributed by atoms with van der Waals surface area (Å²) in [5.74, 6) is 4.85. The summed E-state index contributed by atoms with van der Waals surface area (Å²) in [5.41, 5.74) is 28.4. The van der Waals surface area contributed by atoms with E-state index in [1.807, 2.05) is 146 Å². The van der Waals surface area contributed by atoms with Gasteiger partial charge in [-0.15, -0.1) is 0 Å². The lowest BCUT2D eigenvalue weighted by Crippen LogP contribution is -2.57. The van der Waals surface area contributed by atoms with Gasteiger partial charge in [-0.1, -0.05) is 232 Å². The van der Waals surface area contributed by atoms with Crippen LogP contribution in [-0.2, 0) is 0 Å². The second kappa shape index (κ2) is 28.2. The van der Waals surface area contributed by atoms with Crippen molar-refractivity contribution in [1.82, 2.24) is 29.9 Å². The van der Waals surface area contributed by atoms with Crippen LogP contribution in [0.1, 0.15) is 33.4 Å². The van der Waals surface area contributed by atoms with Crippen molar-refractivity contribution in [3.05, 3.63) is 362 Å². The van der Waals surface area contributed by atoms with E-state index in [4.69, 9.17) is 0 Å². The zero-order chi connectivity index (χ0) is 68.1. The number of nitrogens with zero attached hydrogens (tertiary/aromatic N) is 9. The van der Waals surface area contributed by atoms with Crippen LogP contribution in [0.25, 0.3) is 66.8 Å². The molecule has 0 N–H and O–H groups in total. The van der Waals surface area contributed by atoms with Crippen molar-refractivity contribution in [3.8, 4) is 66.8 Å². The van der Waals surface area contributed by atoms with Crippen molar-refractivity contribution in [1.29, 1.82) is 0 Å². The first kappa shape index (κ1) is 63.4. The molecule has 0 aliphatic heterocycles. The SMILES string of the molecule is Cc1cc(-c2ccc(-c3ccc(N(c4ccccn4)c4ccccn4)cc3)cc2)cc(C)c1B(c1c(C)cc(-c2ccc(-c3ccc(N(c4ccccn4)c4ccccn4)cc3)cc2)cc1C)c1c(C)cc(-c2ccc(-c3ccc(N(c4ccccn4)c4ccccn4)cc3)cc2)cc1C. The van der Waals surface area contributed by atoms with E-state index in [-0.39, 0.29) is 6.71 Å². The minimum atomic E-state index is -0.0537. The quantitative estimate of drug-likeness (QED) is 0.0780. The second-order valence-electron chi connectivity index (χ2n) is 25.5. The van der Waals surface area contributed by atoms with Gasteiger partial charge < -0.3 is 0 Å². The highest BCUT2D eigenvalue weighted by Gasteiger charge is 2.32. The number of aromatic nitrogens is 6. The summed E-state index contributed by atoms with van der Waals surface area (Å²) in [5, 5.41) is 0. The Morgan fingerprint density at radius 3 is 0.510 bits per heavy atom. The minimum Gasteiger partial charge on any atom is -0.279 e. The van der Waals surface area contributed by atoms with Gasteiger partial charge in [-0.05, 0) is 217 Å². The Labute approximate surface area is 586 Å². The zero-order valence-electron chi connectivity index (χ0n) is 56.8. The van der Waals surface area contributed by atoms with Crippen LogP contribution in [0.4, 0.5) is 52.0 Å². The molecule has 10 heteroatoms. The molecular weight excluding hydrogens is 1220 g/mol. The fraction of sp³-hybridized carbons (Fsp3) is 0.0667.